The number of carbonyl (C=O) groups excluding carboxylic acids is 1. The lowest BCUT2D eigenvalue weighted by Gasteiger charge is -2.17. The van der Waals surface area contributed by atoms with Crippen molar-refractivity contribution in [2.24, 2.45) is 0 Å². The molecule has 0 aliphatic carbocycles. The molecule has 0 fully saturated rings. The van der Waals surface area contributed by atoms with Gasteiger partial charge in [-0.25, -0.2) is 0 Å². The van der Waals surface area contributed by atoms with E-state index >= 15 is 0 Å². The molecule has 3 aromatic carbocycles. The highest BCUT2D eigenvalue weighted by molar-refractivity contribution is 6.30. The molecule has 34 heavy (non-hydrogen) atoms. The summed E-state index contributed by atoms with van der Waals surface area (Å²) in [5, 5.41) is 13.4. The Balaban J connectivity index is 1.92. The van der Waals surface area contributed by atoms with E-state index in [2.05, 4.69) is 11.4 Å². The van der Waals surface area contributed by atoms with E-state index in [1.54, 1.807) is 18.2 Å². The number of nitrogen functional groups attached to an aromatic ring is 1. The molecular formula is C28H29ClN2O3. The number of benzene rings is 3. The normalized spacial score (nSPS) is 10.8. The summed E-state index contributed by atoms with van der Waals surface area (Å²) >= 11 is 6.00. The number of para-hydroxylation sites is 2. The Morgan fingerprint density at radius 1 is 1.09 bits per heavy atom. The second kappa shape index (κ2) is 12.1. The molecule has 0 heterocycles. The van der Waals surface area contributed by atoms with Crippen LogP contribution in [0.5, 0.6) is 5.75 Å². The van der Waals surface area contributed by atoms with Crippen LogP contribution in [0, 0.1) is 0 Å². The summed E-state index contributed by atoms with van der Waals surface area (Å²) in [4.78, 5) is 12.5. The van der Waals surface area contributed by atoms with E-state index in [0.717, 1.165) is 27.8 Å². The molecule has 0 atom stereocenters. The SMILES string of the molecule is CC(C)=CCc1c(CO)ccc(/C=C/C(=O)Nc2ccccc2N)c1OCc1ccc(Cl)cc1. The molecular weight excluding hydrogens is 448 g/mol. The predicted octanol–water partition coefficient (Wildman–Crippen LogP) is 6.15. The van der Waals surface area contributed by atoms with E-state index in [-0.39, 0.29) is 12.5 Å². The zero-order chi connectivity index (χ0) is 24.5. The van der Waals surface area contributed by atoms with Gasteiger partial charge in [-0.3, -0.25) is 4.79 Å². The zero-order valence-corrected chi connectivity index (χ0v) is 20.1. The maximum atomic E-state index is 12.5. The van der Waals surface area contributed by atoms with Gasteiger partial charge in [0.05, 0.1) is 18.0 Å². The zero-order valence-electron chi connectivity index (χ0n) is 19.3. The second-order valence-electron chi connectivity index (χ2n) is 8.09. The van der Waals surface area contributed by atoms with Crippen molar-refractivity contribution >= 4 is 35.0 Å². The Kier molecular flexibility index (Phi) is 8.91. The lowest BCUT2D eigenvalue weighted by molar-refractivity contribution is -0.111. The first-order valence-corrected chi connectivity index (χ1v) is 11.3. The van der Waals surface area contributed by atoms with Crippen molar-refractivity contribution in [1.82, 2.24) is 0 Å². The van der Waals surface area contributed by atoms with Crippen molar-refractivity contribution in [2.75, 3.05) is 11.1 Å². The first kappa shape index (κ1) is 25.1. The summed E-state index contributed by atoms with van der Waals surface area (Å²) in [5.41, 5.74) is 11.5. The highest BCUT2D eigenvalue weighted by Crippen LogP contribution is 2.31. The number of rotatable bonds is 9. The van der Waals surface area contributed by atoms with Crippen molar-refractivity contribution in [3.63, 3.8) is 0 Å². The van der Waals surface area contributed by atoms with Crippen LogP contribution in [0.15, 0.2) is 78.4 Å². The van der Waals surface area contributed by atoms with Gasteiger partial charge in [-0.05, 0) is 61.7 Å². The predicted molar refractivity (Wildman–Crippen MR) is 140 cm³/mol. The van der Waals surface area contributed by atoms with Gasteiger partial charge in [0.1, 0.15) is 12.4 Å². The third-order valence-corrected chi connectivity index (χ3v) is 5.45. The third-order valence-electron chi connectivity index (χ3n) is 5.20. The molecule has 1 amide bonds. The van der Waals surface area contributed by atoms with Crippen molar-refractivity contribution in [1.29, 1.82) is 0 Å². The number of ether oxygens (including phenoxy) is 1. The Labute approximate surface area is 205 Å². The highest BCUT2D eigenvalue weighted by Gasteiger charge is 2.14. The molecule has 0 aliphatic heterocycles. The lowest BCUT2D eigenvalue weighted by atomic mass is 9.98. The fourth-order valence-corrected chi connectivity index (χ4v) is 3.48. The number of nitrogens with two attached hydrogens (primary N) is 1. The number of aliphatic hydroxyl groups is 1. The summed E-state index contributed by atoms with van der Waals surface area (Å²) in [5.74, 6) is 0.320. The van der Waals surface area contributed by atoms with Crippen LogP contribution >= 0.6 is 11.6 Å². The topological polar surface area (TPSA) is 84.6 Å². The summed E-state index contributed by atoms with van der Waals surface area (Å²) < 4.78 is 6.25. The summed E-state index contributed by atoms with van der Waals surface area (Å²) in [6.07, 6.45) is 5.84. The van der Waals surface area contributed by atoms with E-state index in [1.807, 2.05) is 62.4 Å². The molecule has 6 heteroatoms. The van der Waals surface area contributed by atoms with Crippen molar-refractivity contribution in [3.05, 3.63) is 106 Å². The second-order valence-corrected chi connectivity index (χ2v) is 8.53. The monoisotopic (exact) mass is 476 g/mol. The van der Waals surface area contributed by atoms with Crippen molar-refractivity contribution in [2.45, 2.75) is 33.5 Å². The Morgan fingerprint density at radius 3 is 2.50 bits per heavy atom. The van der Waals surface area contributed by atoms with Crippen LogP contribution in [0.2, 0.25) is 5.02 Å². The van der Waals surface area contributed by atoms with Gasteiger partial charge in [-0.2, -0.15) is 0 Å². The van der Waals surface area contributed by atoms with Gasteiger partial charge in [0.25, 0.3) is 0 Å². The lowest BCUT2D eigenvalue weighted by Crippen LogP contribution is -2.09. The molecule has 0 unspecified atom stereocenters. The van der Waals surface area contributed by atoms with Crippen LogP contribution in [0.25, 0.3) is 6.08 Å². The van der Waals surface area contributed by atoms with Crippen molar-refractivity contribution < 1.29 is 14.6 Å². The van der Waals surface area contributed by atoms with Crippen molar-refractivity contribution in [3.8, 4) is 5.75 Å². The smallest absolute Gasteiger partial charge is 0.248 e. The van der Waals surface area contributed by atoms with Gasteiger partial charge in [-0.1, -0.05) is 59.6 Å². The summed E-state index contributed by atoms with van der Waals surface area (Å²) in [7, 11) is 0. The molecule has 0 bridgehead atoms. The van der Waals surface area contributed by atoms with Gasteiger partial charge < -0.3 is 20.9 Å². The molecule has 4 N–H and O–H groups in total. The number of nitrogens with one attached hydrogen (secondary N) is 1. The number of halogens is 1. The number of anilines is 2. The fraction of sp³-hybridized carbons (Fsp3) is 0.179. The first-order valence-electron chi connectivity index (χ1n) is 11.0. The molecule has 0 aliphatic rings. The number of amides is 1. The minimum absolute atomic E-state index is 0.110. The number of carbonyl (C=O) groups is 1. The van der Waals surface area contributed by atoms with Crippen LogP contribution in [-0.4, -0.2) is 11.0 Å². The van der Waals surface area contributed by atoms with E-state index in [4.69, 9.17) is 22.1 Å². The minimum Gasteiger partial charge on any atom is -0.488 e. The van der Waals surface area contributed by atoms with E-state index in [0.29, 0.717) is 35.2 Å². The molecule has 0 aromatic heterocycles. The molecule has 0 radical (unpaired) electrons. The summed E-state index contributed by atoms with van der Waals surface area (Å²) in [6, 6.07) is 18.2. The van der Waals surface area contributed by atoms with E-state index in [1.165, 1.54) is 6.08 Å². The Bertz CT molecular complexity index is 1200. The average molecular weight is 477 g/mol. The van der Waals surface area contributed by atoms with Crippen LogP contribution < -0.4 is 15.8 Å². The standard InChI is InChI=1S/C28H29ClN2O3/c1-19(2)7-15-24-22(17-32)11-10-21(28(24)34-18-20-8-13-23(29)14-9-20)12-16-27(33)31-26-6-4-3-5-25(26)30/h3-14,16,32H,15,17-18,30H2,1-2H3,(H,31,33)/b16-12+. The molecule has 0 saturated carbocycles. The summed E-state index contributed by atoms with van der Waals surface area (Å²) in [6.45, 7) is 4.26. The highest BCUT2D eigenvalue weighted by atomic mass is 35.5. The van der Waals surface area contributed by atoms with Gasteiger partial charge in [0, 0.05) is 22.2 Å². The van der Waals surface area contributed by atoms with E-state index < -0.39 is 0 Å². The average Bonchev–Trinajstić information content (AvgIpc) is 2.82. The van der Waals surface area contributed by atoms with Gasteiger partial charge >= 0.3 is 0 Å². The minimum atomic E-state index is -0.307. The first-order chi connectivity index (χ1) is 16.4. The number of hydrogen-bond donors (Lipinski definition) is 3. The van der Waals surface area contributed by atoms with Gasteiger partial charge in [0.15, 0.2) is 0 Å². The third kappa shape index (κ3) is 6.98. The Morgan fingerprint density at radius 2 is 1.82 bits per heavy atom. The molecule has 3 aromatic rings. The van der Waals surface area contributed by atoms with Crippen LogP contribution in [0.3, 0.4) is 0 Å². The molecule has 5 nitrogen and oxygen atoms in total. The number of hydrogen-bond acceptors (Lipinski definition) is 4. The largest absolute Gasteiger partial charge is 0.488 e. The molecule has 0 saturated heterocycles. The molecule has 176 valence electrons. The van der Waals surface area contributed by atoms with Crippen LogP contribution in [0.1, 0.15) is 36.1 Å². The van der Waals surface area contributed by atoms with E-state index in [9.17, 15) is 9.90 Å². The van der Waals surface area contributed by atoms with Crippen LogP contribution in [0.4, 0.5) is 11.4 Å². The Hall–Kier alpha value is -3.54. The van der Waals surface area contributed by atoms with Gasteiger partial charge in [-0.15, -0.1) is 0 Å². The maximum Gasteiger partial charge on any atom is 0.248 e. The molecule has 3 rings (SSSR count). The van der Waals surface area contributed by atoms with Crippen LogP contribution in [-0.2, 0) is 24.4 Å². The molecule has 0 spiro atoms. The maximum absolute atomic E-state index is 12.5. The number of aliphatic hydroxyl groups excluding tert-OH is 1. The quantitative estimate of drug-likeness (QED) is 0.196. The fourth-order valence-electron chi connectivity index (χ4n) is 3.35. The van der Waals surface area contributed by atoms with Gasteiger partial charge in [0.2, 0.25) is 5.91 Å². The number of allylic oxidation sites excluding steroid dienone is 2.